The summed E-state index contributed by atoms with van der Waals surface area (Å²) in [5.74, 6) is -0.327. The average Bonchev–Trinajstić information content (AvgIpc) is 2.37. The van der Waals surface area contributed by atoms with Crippen molar-refractivity contribution < 1.29 is 4.79 Å². The molecule has 0 spiro atoms. The summed E-state index contributed by atoms with van der Waals surface area (Å²) in [6.07, 6.45) is 1.61. The molecule has 0 heterocycles. The summed E-state index contributed by atoms with van der Waals surface area (Å²) in [6, 6.07) is 8.06. The Morgan fingerprint density at radius 1 is 1.42 bits per heavy atom. The van der Waals surface area contributed by atoms with Crippen LogP contribution in [-0.4, -0.2) is 22.8 Å². The molecule has 19 heavy (non-hydrogen) atoms. The summed E-state index contributed by atoms with van der Waals surface area (Å²) in [5, 5.41) is 0. The van der Waals surface area contributed by atoms with Crippen molar-refractivity contribution in [3.05, 3.63) is 35.4 Å². The molecule has 1 aromatic carbocycles. The Kier molecular flexibility index (Phi) is 5.96. The number of thiocarbonyl (C=S) groups is 1. The summed E-state index contributed by atoms with van der Waals surface area (Å²) >= 11 is 5.00. The van der Waals surface area contributed by atoms with E-state index in [0.717, 1.165) is 12.0 Å². The Labute approximate surface area is 120 Å². The van der Waals surface area contributed by atoms with Gasteiger partial charge in [-0.25, -0.2) is 0 Å². The number of carbonyl (C=O) groups excluding carboxylic acids is 1. The summed E-state index contributed by atoms with van der Waals surface area (Å²) in [5.41, 5.74) is 8.00. The topological polar surface area (TPSA) is 46.3 Å². The normalized spacial score (nSPS) is 11.9. The molecule has 0 saturated carbocycles. The van der Waals surface area contributed by atoms with Gasteiger partial charge in [-0.3, -0.25) is 4.79 Å². The molecule has 0 saturated heterocycles. The lowest BCUT2D eigenvalue weighted by molar-refractivity contribution is -0.132. The minimum Gasteiger partial charge on any atom is -0.393 e. The first-order chi connectivity index (χ1) is 8.97. The van der Waals surface area contributed by atoms with Gasteiger partial charge in [-0.15, -0.1) is 0 Å². The highest BCUT2D eigenvalue weighted by atomic mass is 32.1. The van der Waals surface area contributed by atoms with Crippen molar-refractivity contribution in [3.63, 3.8) is 0 Å². The van der Waals surface area contributed by atoms with Crippen LogP contribution >= 0.6 is 12.2 Å². The Morgan fingerprint density at radius 3 is 2.58 bits per heavy atom. The van der Waals surface area contributed by atoms with Gasteiger partial charge in [0.1, 0.15) is 0 Å². The maximum absolute atomic E-state index is 12.3. The van der Waals surface area contributed by atoms with E-state index in [-0.39, 0.29) is 11.8 Å². The summed E-state index contributed by atoms with van der Waals surface area (Å²) < 4.78 is 0. The fourth-order valence-electron chi connectivity index (χ4n) is 2.06. The number of rotatable bonds is 6. The van der Waals surface area contributed by atoms with Gasteiger partial charge in [-0.1, -0.05) is 49.8 Å². The van der Waals surface area contributed by atoms with Crippen LogP contribution in [0.2, 0.25) is 0 Å². The van der Waals surface area contributed by atoms with Crippen molar-refractivity contribution in [2.45, 2.75) is 33.2 Å². The number of carbonyl (C=O) groups is 1. The van der Waals surface area contributed by atoms with E-state index in [1.165, 1.54) is 5.56 Å². The van der Waals surface area contributed by atoms with Crippen LogP contribution in [0.25, 0.3) is 0 Å². The van der Waals surface area contributed by atoms with Crippen LogP contribution in [0.3, 0.4) is 0 Å². The lowest BCUT2D eigenvalue weighted by atomic mass is 10.0. The zero-order valence-electron chi connectivity index (χ0n) is 11.8. The molecule has 1 unspecified atom stereocenters. The maximum Gasteiger partial charge on any atom is 0.232 e. The van der Waals surface area contributed by atoms with Crippen LogP contribution in [0.1, 0.15) is 30.9 Å². The molecule has 0 aliphatic carbocycles. The molecule has 0 aromatic heterocycles. The van der Waals surface area contributed by atoms with Gasteiger partial charge in [0, 0.05) is 13.6 Å². The number of aryl methyl sites for hydroxylation is 1. The summed E-state index contributed by atoms with van der Waals surface area (Å²) in [6.45, 7) is 4.67. The number of hydrogen-bond acceptors (Lipinski definition) is 2. The van der Waals surface area contributed by atoms with Gasteiger partial charge >= 0.3 is 0 Å². The zero-order chi connectivity index (χ0) is 14.4. The Bertz CT molecular complexity index is 459. The first kappa shape index (κ1) is 15.6. The second-order valence-electron chi connectivity index (χ2n) is 4.86. The molecule has 2 N–H and O–H groups in total. The van der Waals surface area contributed by atoms with Gasteiger partial charge in [0.05, 0.1) is 10.9 Å². The number of nitrogens with two attached hydrogens (primary N) is 1. The van der Waals surface area contributed by atoms with E-state index in [2.05, 4.69) is 0 Å². The fourth-order valence-corrected chi connectivity index (χ4v) is 2.28. The van der Waals surface area contributed by atoms with Gasteiger partial charge in [-0.2, -0.15) is 0 Å². The molecule has 0 radical (unpaired) electrons. The van der Waals surface area contributed by atoms with E-state index in [0.29, 0.717) is 18.0 Å². The molecular formula is C15H22N2OS. The summed E-state index contributed by atoms with van der Waals surface area (Å²) in [4.78, 5) is 14.4. The van der Waals surface area contributed by atoms with Crippen molar-refractivity contribution in [2.75, 3.05) is 7.05 Å². The predicted octanol–water partition coefficient (Wildman–Crippen LogP) is 2.66. The molecule has 1 atom stereocenters. The standard InChI is InChI=1S/C15H22N2OS/c1-4-7-13(14(16)19)15(18)17(3)10-12-9-6-5-8-11(12)2/h5-6,8-9,13H,4,7,10H2,1-3H3,(H2,16,19). The Morgan fingerprint density at radius 2 is 2.05 bits per heavy atom. The van der Waals surface area contributed by atoms with Crippen molar-refractivity contribution in [2.24, 2.45) is 11.7 Å². The predicted molar refractivity (Wildman–Crippen MR) is 82.8 cm³/mol. The van der Waals surface area contributed by atoms with Crippen LogP contribution in [-0.2, 0) is 11.3 Å². The summed E-state index contributed by atoms with van der Waals surface area (Å²) in [7, 11) is 1.80. The van der Waals surface area contributed by atoms with Crippen molar-refractivity contribution in [1.29, 1.82) is 0 Å². The van der Waals surface area contributed by atoms with Gasteiger partial charge in [0.2, 0.25) is 5.91 Å². The van der Waals surface area contributed by atoms with E-state index >= 15 is 0 Å². The quantitative estimate of drug-likeness (QED) is 0.814. The molecule has 1 rings (SSSR count). The first-order valence-electron chi connectivity index (χ1n) is 6.56. The van der Waals surface area contributed by atoms with E-state index in [4.69, 9.17) is 18.0 Å². The minimum absolute atomic E-state index is 0.0117. The third-order valence-corrected chi connectivity index (χ3v) is 3.55. The molecule has 3 nitrogen and oxygen atoms in total. The van der Waals surface area contributed by atoms with Crippen LogP contribution in [0.15, 0.2) is 24.3 Å². The van der Waals surface area contributed by atoms with E-state index in [9.17, 15) is 4.79 Å². The number of hydrogen-bond donors (Lipinski definition) is 1. The highest BCUT2D eigenvalue weighted by molar-refractivity contribution is 7.80. The maximum atomic E-state index is 12.3. The van der Waals surface area contributed by atoms with Gasteiger partial charge < -0.3 is 10.6 Å². The lowest BCUT2D eigenvalue weighted by Gasteiger charge is -2.23. The van der Waals surface area contributed by atoms with Gasteiger partial charge in [-0.05, 0) is 24.5 Å². The first-order valence-corrected chi connectivity index (χ1v) is 6.97. The lowest BCUT2D eigenvalue weighted by Crippen LogP contribution is -2.38. The van der Waals surface area contributed by atoms with E-state index < -0.39 is 0 Å². The highest BCUT2D eigenvalue weighted by Gasteiger charge is 2.23. The third-order valence-electron chi connectivity index (χ3n) is 3.26. The second-order valence-corrected chi connectivity index (χ2v) is 5.34. The molecule has 104 valence electrons. The molecule has 4 heteroatoms. The van der Waals surface area contributed by atoms with Crippen LogP contribution in [0.5, 0.6) is 0 Å². The van der Waals surface area contributed by atoms with Crippen LogP contribution in [0.4, 0.5) is 0 Å². The van der Waals surface area contributed by atoms with Crippen molar-refractivity contribution >= 4 is 23.1 Å². The Hall–Kier alpha value is -1.42. The fraction of sp³-hybridized carbons (Fsp3) is 0.467. The van der Waals surface area contributed by atoms with E-state index in [1.54, 1.807) is 11.9 Å². The van der Waals surface area contributed by atoms with E-state index in [1.807, 2.05) is 38.1 Å². The Balaban J connectivity index is 2.76. The number of benzene rings is 1. The number of nitrogens with zero attached hydrogens (tertiary/aromatic N) is 1. The highest BCUT2D eigenvalue weighted by Crippen LogP contribution is 2.14. The molecule has 0 aliphatic heterocycles. The smallest absolute Gasteiger partial charge is 0.232 e. The van der Waals surface area contributed by atoms with Crippen LogP contribution in [0, 0.1) is 12.8 Å². The zero-order valence-corrected chi connectivity index (χ0v) is 12.7. The number of amides is 1. The molecular weight excluding hydrogens is 256 g/mol. The van der Waals surface area contributed by atoms with Crippen LogP contribution < -0.4 is 5.73 Å². The molecule has 0 fully saturated rings. The monoisotopic (exact) mass is 278 g/mol. The average molecular weight is 278 g/mol. The molecule has 1 aromatic rings. The largest absolute Gasteiger partial charge is 0.393 e. The second kappa shape index (κ2) is 7.24. The van der Waals surface area contributed by atoms with Gasteiger partial charge in [0.25, 0.3) is 0 Å². The van der Waals surface area contributed by atoms with Crippen molar-refractivity contribution in [1.82, 2.24) is 4.90 Å². The molecule has 0 aliphatic rings. The molecule has 1 amide bonds. The third kappa shape index (κ3) is 4.31. The SMILES string of the molecule is CCCC(C(=O)N(C)Cc1ccccc1C)C(N)=S. The molecule has 0 bridgehead atoms. The minimum atomic E-state index is -0.339. The van der Waals surface area contributed by atoms with Crippen molar-refractivity contribution in [3.8, 4) is 0 Å². The van der Waals surface area contributed by atoms with Gasteiger partial charge in [0.15, 0.2) is 0 Å².